The molecule has 0 radical (unpaired) electrons. The maximum absolute atomic E-state index is 13.4. The number of nitriles is 1. The van der Waals surface area contributed by atoms with Gasteiger partial charge >= 0.3 is 0 Å². The van der Waals surface area contributed by atoms with E-state index in [9.17, 15) is 9.18 Å². The largest absolute Gasteiger partial charge is 0.323 e. The van der Waals surface area contributed by atoms with Gasteiger partial charge in [0, 0.05) is 19.0 Å². The van der Waals surface area contributed by atoms with Gasteiger partial charge in [-0.1, -0.05) is 30.3 Å². The first kappa shape index (κ1) is 17.8. The van der Waals surface area contributed by atoms with Crippen LogP contribution in [0.4, 0.5) is 4.39 Å². The molecule has 5 nitrogen and oxygen atoms in total. The van der Waals surface area contributed by atoms with Crippen LogP contribution in [-0.4, -0.2) is 60.1 Å². The SMILES string of the molecule is N#C[C@@H]1C[C@H](F)CN1C(=O)CNC1CCN(Cc2ccccc2)CC1. The van der Waals surface area contributed by atoms with Crippen molar-refractivity contribution < 1.29 is 9.18 Å². The number of alkyl halides is 1. The number of halogens is 1. The highest BCUT2D eigenvalue weighted by molar-refractivity contribution is 5.79. The van der Waals surface area contributed by atoms with Crippen molar-refractivity contribution >= 4 is 5.91 Å². The predicted molar refractivity (Wildman–Crippen MR) is 93.4 cm³/mol. The number of nitrogens with zero attached hydrogens (tertiary/aromatic N) is 3. The molecule has 2 atom stereocenters. The average molecular weight is 344 g/mol. The minimum atomic E-state index is -1.07. The predicted octanol–water partition coefficient (Wildman–Crippen LogP) is 1.70. The first-order valence-corrected chi connectivity index (χ1v) is 8.98. The summed E-state index contributed by atoms with van der Waals surface area (Å²) in [6.45, 7) is 3.19. The zero-order chi connectivity index (χ0) is 17.6. The number of hydrogen-bond acceptors (Lipinski definition) is 4. The number of rotatable bonds is 5. The maximum Gasteiger partial charge on any atom is 0.237 e. The van der Waals surface area contributed by atoms with Crippen LogP contribution in [0.2, 0.25) is 0 Å². The second-order valence-corrected chi connectivity index (χ2v) is 6.94. The fraction of sp³-hybridized carbons (Fsp3) is 0.579. The van der Waals surface area contributed by atoms with Crippen LogP contribution in [0, 0.1) is 11.3 Å². The van der Waals surface area contributed by atoms with E-state index in [-0.39, 0.29) is 25.4 Å². The molecule has 3 rings (SSSR count). The lowest BCUT2D eigenvalue weighted by atomic mass is 10.0. The van der Waals surface area contributed by atoms with Gasteiger partial charge in [0.1, 0.15) is 12.2 Å². The van der Waals surface area contributed by atoms with Gasteiger partial charge in [-0.05, 0) is 31.5 Å². The number of amides is 1. The van der Waals surface area contributed by atoms with Crippen molar-refractivity contribution in [1.82, 2.24) is 15.1 Å². The highest BCUT2D eigenvalue weighted by Crippen LogP contribution is 2.20. The number of piperidine rings is 1. The summed E-state index contributed by atoms with van der Waals surface area (Å²) in [6.07, 6.45) is 1.05. The Labute approximate surface area is 148 Å². The van der Waals surface area contributed by atoms with Gasteiger partial charge in [0.15, 0.2) is 0 Å². The van der Waals surface area contributed by atoms with Crippen LogP contribution < -0.4 is 5.32 Å². The van der Waals surface area contributed by atoms with Crippen molar-refractivity contribution in [2.24, 2.45) is 0 Å². The van der Waals surface area contributed by atoms with Crippen molar-refractivity contribution in [3.63, 3.8) is 0 Å². The lowest BCUT2D eigenvalue weighted by Crippen LogP contribution is -2.47. The fourth-order valence-corrected chi connectivity index (χ4v) is 3.65. The molecule has 1 aromatic carbocycles. The van der Waals surface area contributed by atoms with Crippen LogP contribution in [0.3, 0.4) is 0 Å². The maximum atomic E-state index is 13.4. The highest BCUT2D eigenvalue weighted by Gasteiger charge is 2.35. The van der Waals surface area contributed by atoms with Crippen molar-refractivity contribution in [2.75, 3.05) is 26.2 Å². The van der Waals surface area contributed by atoms with E-state index in [1.165, 1.54) is 10.5 Å². The van der Waals surface area contributed by atoms with Crippen LogP contribution in [0.5, 0.6) is 0 Å². The summed E-state index contributed by atoms with van der Waals surface area (Å²) in [5.41, 5.74) is 1.32. The van der Waals surface area contributed by atoms with Crippen LogP contribution in [-0.2, 0) is 11.3 Å². The lowest BCUT2D eigenvalue weighted by molar-refractivity contribution is -0.130. The van der Waals surface area contributed by atoms with E-state index in [2.05, 4.69) is 34.5 Å². The minimum Gasteiger partial charge on any atom is -0.323 e. The number of likely N-dealkylation sites (tertiary alicyclic amines) is 2. The molecular weight excluding hydrogens is 319 g/mol. The average Bonchev–Trinajstić information content (AvgIpc) is 3.03. The standard InChI is InChI=1S/C19H25FN4O/c20-16-10-18(11-21)24(14-16)19(25)12-22-17-6-8-23(9-7-17)13-15-4-2-1-3-5-15/h1-5,16-18,22H,6-10,12-14H2/t16-,18-/m0/s1. The van der Waals surface area contributed by atoms with E-state index in [1.54, 1.807) is 0 Å². The molecule has 2 heterocycles. The fourth-order valence-electron chi connectivity index (χ4n) is 3.65. The third kappa shape index (κ3) is 4.77. The summed E-state index contributed by atoms with van der Waals surface area (Å²) in [5, 5.41) is 12.3. The number of carbonyl (C=O) groups is 1. The van der Waals surface area contributed by atoms with Crippen molar-refractivity contribution in [3.8, 4) is 6.07 Å². The molecule has 2 saturated heterocycles. The van der Waals surface area contributed by atoms with E-state index in [1.807, 2.05) is 12.1 Å². The summed E-state index contributed by atoms with van der Waals surface area (Å²) in [4.78, 5) is 16.0. The Morgan fingerprint density at radius 2 is 2.00 bits per heavy atom. The van der Waals surface area contributed by atoms with E-state index in [4.69, 9.17) is 5.26 Å². The summed E-state index contributed by atoms with van der Waals surface area (Å²) in [5.74, 6) is -0.168. The van der Waals surface area contributed by atoms with Gasteiger partial charge in [-0.3, -0.25) is 9.69 Å². The number of hydrogen-bond donors (Lipinski definition) is 1. The first-order valence-electron chi connectivity index (χ1n) is 8.98. The Bertz CT molecular complexity index is 610. The van der Waals surface area contributed by atoms with Gasteiger partial charge in [-0.15, -0.1) is 0 Å². The zero-order valence-corrected chi connectivity index (χ0v) is 14.4. The van der Waals surface area contributed by atoms with Gasteiger partial charge in [0.25, 0.3) is 0 Å². The molecule has 2 aliphatic rings. The van der Waals surface area contributed by atoms with Gasteiger partial charge in [-0.25, -0.2) is 4.39 Å². The summed E-state index contributed by atoms with van der Waals surface area (Å²) >= 11 is 0. The second-order valence-electron chi connectivity index (χ2n) is 6.94. The summed E-state index contributed by atoms with van der Waals surface area (Å²) in [6, 6.07) is 12.1. The molecule has 2 aliphatic heterocycles. The molecule has 0 unspecified atom stereocenters. The third-order valence-electron chi connectivity index (χ3n) is 5.10. The summed E-state index contributed by atoms with van der Waals surface area (Å²) < 4.78 is 13.4. The third-order valence-corrected chi connectivity index (χ3v) is 5.10. The highest BCUT2D eigenvalue weighted by atomic mass is 19.1. The Morgan fingerprint density at radius 1 is 1.28 bits per heavy atom. The van der Waals surface area contributed by atoms with E-state index in [0.29, 0.717) is 6.04 Å². The molecule has 0 aliphatic carbocycles. The molecule has 0 bridgehead atoms. The molecule has 134 valence electrons. The number of nitrogens with one attached hydrogen (secondary N) is 1. The van der Waals surface area contributed by atoms with Crippen molar-refractivity contribution in [1.29, 1.82) is 5.26 Å². The van der Waals surface area contributed by atoms with Crippen LogP contribution in [0.1, 0.15) is 24.8 Å². The number of carbonyl (C=O) groups excluding carboxylic acids is 1. The quantitative estimate of drug-likeness (QED) is 0.883. The summed E-state index contributed by atoms with van der Waals surface area (Å²) in [7, 11) is 0. The molecule has 0 spiro atoms. The molecular formula is C19H25FN4O. The van der Waals surface area contributed by atoms with Crippen molar-refractivity contribution in [3.05, 3.63) is 35.9 Å². The Hall–Kier alpha value is -1.97. The van der Waals surface area contributed by atoms with Crippen LogP contribution >= 0.6 is 0 Å². The molecule has 1 aromatic rings. The molecule has 1 amide bonds. The van der Waals surface area contributed by atoms with Crippen molar-refractivity contribution in [2.45, 2.75) is 44.1 Å². The van der Waals surface area contributed by atoms with E-state index < -0.39 is 12.2 Å². The van der Waals surface area contributed by atoms with E-state index in [0.717, 1.165) is 32.5 Å². The van der Waals surface area contributed by atoms with Gasteiger partial charge in [0.2, 0.25) is 5.91 Å². The Kier molecular flexibility index (Phi) is 6.00. The number of benzene rings is 1. The Morgan fingerprint density at radius 3 is 2.68 bits per heavy atom. The minimum absolute atomic E-state index is 0.0499. The molecule has 0 saturated carbocycles. The zero-order valence-electron chi connectivity index (χ0n) is 14.4. The topological polar surface area (TPSA) is 59.4 Å². The lowest BCUT2D eigenvalue weighted by Gasteiger charge is -2.32. The van der Waals surface area contributed by atoms with Gasteiger partial charge in [-0.2, -0.15) is 5.26 Å². The molecule has 6 heteroatoms. The smallest absolute Gasteiger partial charge is 0.237 e. The monoisotopic (exact) mass is 344 g/mol. The molecule has 2 fully saturated rings. The van der Waals surface area contributed by atoms with Crippen LogP contribution in [0.15, 0.2) is 30.3 Å². The molecule has 1 N–H and O–H groups in total. The van der Waals surface area contributed by atoms with Crippen LogP contribution in [0.25, 0.3) is 0 Å². The van der Waals surface area contributed by atoms with E-state index >= 15 is 0 Å². The molecule has 0 aromatic heterocycles. The first-order chi connectivity index (χ1) is 12.2. The van der Waals surface area contributed by atoms with Gasteiger partial charge in [0.05, 0.1) is 19.2 Å². The Balaban J connectivity index is 1.39. The second kappa shape index (κ2) is 8.41. The van der Waals surface area contributed by atoms with Gasteiger partial charge < -0.3 is 10.2 Å². The normalized spacial score (nSPS) is 25.0. The molecule has 25 heavy (non-hydrogen) atoms.